The first-order valence-electron chi connectivity index (χ1n) is 11.5. The van der Waals surface area contributed by atoms with Gasteiger partial charge in [-0.3, -0.25) is 9.59 Å². The summed E-state index contributed by atoms with van der Waals surface area (Å²) in [6.45, 7) is 2.42. The Morgan fingerprint density at radius 1 is 1.06 bits per heavy atom. The van der Waals surface area contributed by atoms with Crippen molar-refractivity contribution in [1.82, 2.24) is 10.2 Å². The highest BCUT2D eigenvalue weighted by atomic mass is 16.5. The molecule has 1 fully saturated rings. The van der Waals surface area contributed by atoms with Crippen LogP contribution in [-0.4, -0.2) is 43.5 Å². The second-order valence-corrected chi connectivity index (χ2v) is 8.70. The van der Waals surface area contributed by atoms with Crippen molar-refractivity contribution in [2.75, 3.05) is 26.8 Å². The lowest BCUT2D eigenvalue weighted by Crippen LogP contribution is -2.32. The van der Waals surface area contributed by atoms with E-state index in [1.54, 1.807) is 7.11 Å². The van der Waals surface area contributed by atoms with Gasteiger partial charge in [0.1, 0.15) is 18.1 Å². The van der Waals surface area contributed by atoms with Crippen molar-refractivity contribution in [3.8, 4) is 11.5 Å². The van der Waals surface area contributed by atoms with Crippen LogP contribution in [0.4, 0.5) is 0 Å². The van der Waals surface area contributed by atoms with Gasteiger partial charge >= 0.3 is 0 Å². The number of benzene rings is 2. The van der Waals surface area contributed by atoms with Crippen LogP contribution >= 0.6 is 0 Å². The number of ether oxygens (including phenoxy) is 2. The van der Waals surface area contributed by atoms with Crippen molar-refractivity contribution in [3.05, 3.63) is 59.2 Å². The fraction of sp³-hybridized carbons (Fsp3) is 0.462. The summed E-state index contributed by atoms with van der Waals surface area (Å²) in [7, 11) is 1.65. The minimum atomic E-state index is 0.110. The van der Waals surface area contributed by atoms with Gasteiger partial charge in [0, 0.05) is 31.5 Å². The Bertz CT molecular complexity index is 937. The Kier molecular flexibility index (Phi) is 7.30. The van der Waals surface area contributed by atoms with E-state index in [1.165, 1.54) is 12.8 Å². The Labute approximate surface area is 189 Å². The lowest BCUT2D eigenvalue weighted by Gasteiger charge is -2.20. The molecule has 170 valence electrons. The molecule has 0 spiro atoms. The molecule has 0 radical (unpaired) electrons. The predicted molar refractivity (Wildman–Crippen MR) is 123 cm³/mol. The Balaban J connectivity index is 1.31. The summed E-state index contributed by atoms with van der Waals surface area (Å²) >= 11 is 0. The Hall–Kier alpha value is -3.02. The smallest absolute Gasteiger partial charge is 0.223 e. The van der Waals surface area contributed by atoms with Crippen molar-refractivity contribution in [2.24, 2.45) is 5.92 Å². The fourth-order valence-electron chi connectivity index (χ4n) is 3.94. The Morgan fingerprint density at radius 3 is 2.56 bits per heavy atom. The molecular formula is C26H32N2O4. The summed E-state index contributed by atoms with van der Waals surface area (Å²) in [5, 5.41) is 3.02. The van der Waals surface area contributed by atoms with Crippen molar-refractivity contribution >= 4 is 11.8 Å². The number of fused-ring (bicyclic) bond motifs is 1. The lowest BCUT2D eigenvalue weighted by atomic mass is 10.0. The van der Waals surface area contributed by atoms with Crippen molar-refractivity contribution in [3.63, 3.8) is 0 Å². The number of nitrogens with zero attached hydrogens (tertiary/aromatic N) is 1. The van der Waals surface area contributed by atoms with E-state index in [1.807, 2.05) is 41.3 Å². The van der Waals surface area contributed by atoms with E-state index >= 15 is 0 Å². The monoisotopic (exact) mass is 436 g/mol. The third-order valence-corrected chi connectivity index (χ3v) is 6.17. The SMILES string of the molecule is COc1ccc(CCC(=O)N2CCOc3ccc(CCC(=O)NCC4CC4)cc3C2)cc1. The van der Waals surface area contributed by atoms with Gasteiger partial charge in [0.15, 0.2) is 0 Å². The average molecular weight is 437 g/mol. The van der Waals surface area contributed by atoms with Gasteiger partial charge in [0.25, 0.3) is 0 Å². The molecule has 0 bridgehead atoms. The molecule has 2 aromatic carbocycles. The van der Waals surface area contributed by atoms with E-state index in [9.17, 15) is 9.59 Å². The number of methoxy groups -OCH3 is 1. The van der Waals surface area contributed by atoms with Gasteiger partial charge in [0.05, 0.1) is 13.7 Å². The van der Waals surface area contributed by atoms with E-state index in [-0.39, 0.29) is 11.8 Å². The van der Waals surface area contributed by atoms with E-state index < -0.39 is 0 Å². The number of aryl methyl sites for hydroxylation is 2. The van der Waals surface area contributed by atoms with Crippen LogP contribution in [0.15, 0.2) is 42.5 Å². The van der Waals surface area contributed by atoms with Gasteiger partial charge in [-0.1, -0.05) is 24.3 Å². The zero-order valence-electron chi connectivity index (χ0n) is 18.8. The molecule has 4 rings (SSSR count). The molecule has 6 heteroatoms. The molecule has 0 aromatic heterocycles. The largest absolute Gasteiger partial charge is 0.497 e. The van der Waals surface area contributed by atoms with Crippen LogP contribution in [0.25, 0.3) is 0 Å². The normalized spacial score (nSPS) is 15.3. The zero-order valence-corrected chi connectivity index (χ0v) is 18.8. The molecule has 0 atom stereocenters. The number of hydrogen-bond donors (Lipinski definition) is 1. The van der Waals surface area contributed by atoms with Gasteiger partial charge in [-0.25, -0.2) is 0 Å². The topological polar surface area (TPSA) is 67.9 Å². The molecule has 1 aliphatic carbocycles. The summed E-state index contributed by atoms with van der Waals surface area (Å²) in [4.78, 5) is 26.8. The number of rotatable bonds is 9. The second kappa shape index (κ2) is 10.5. The predicted octanol–water partition coefficient (Wildman–Crippen LogP) is 3.51. The molecule has 1 saturated carbocycles. The van der Waals surface area contributed by atoms with Crippen LogP contribution in [0.2, 0.25) is 0 Å². The van der Waals surface area contributed by atoms with Crippen LogP contribution in [0.5, 0.6) is 11.5 Å². The van der Waals surface area contributed by atoms with E-state index in [4.69, 9.17) is 9.47 Å². The van der Waals surface area contributed by atoms with Crippen molar-refractivity contribution < 1.29 is 19.1 Å². The zero-order chi connectivity index (χ0) is 22.3. The molecule has 2 aromatic rings. The molecule has 1 N–H and O–H groups in total. The van der Waals surface area contributed by atoms with E-state index in [0.29, 0.717) is 51.3 Å². The molecule has 0 saturated heterocycles. The number of amides is 2. The number of nitrogens with one attached hydrogen (secondary N) is 1. The standard InChI is InChI=1S/C26H32N2O4/c1-31-23-9-4-19(5-10-23)8-13-26(30)28-14-15-32-24-11-6-20(16-22(24)18-28)7-12-25(29)27-17-21-2-3-21/h4-6,9-11,16,21H,2-3,7-8,12-15,17-18H2,1H3,(H,27,29). The van der Waals surface area contributed by atoms with Crippen LogP contribution in [0.1, 0.15) is 42.4 Å². The van der Waals surface area contributed by atoms with Gasteiger partial charge in [0.2, 0.25) is 11.8 Å². The van der Waals surface area contributed by atoms with Gasteiger partial charge in [-0.15, -0.1) is 0 Å². The van der Waals surface area contributed by atoms with Crippen LogP contribution in [0, 0.1) is 5.92 Å². The first-order valence-corrected chi connectivity index (χ1v) is 11.5. The summed E-state index contributed by atoms with van der Waals surface area (Å²) in [5.74, 6) is 2.58. The number of carbonyl (C=O) groups excluding carboxylic acids is 2. The fourth-order valence-corrected chi connectivity index (χ4v) is 3.94. The molecule has 32 heavy (non-hydrogen) atoms. The number of hydrogen-bond acceptors (Lipinski definition) is 4. The lowest BCUT2D eigenvalue weighted by molar-refractivity contribution is -0.131. The quantitative estimate of drug-likeness (QED) is 0.653. The molecule has 2 amide bonds. The minimum Gasteiger partial charge on any atom is -0.497 e. The van der Waals surface area contributed by atoms with Gasteiger partial charge < -0.3 is 19.7 Å². The molecule has 2 aliphatic rings. The molecule has 0 unspecified atom stereocenters. The third kappa shape index (κ3) is 6.25. The maximum Gasteiger partial charge on any atom is 0.223 e. The first kappa shape index (κ1) is 22.2. The second-order valence-electron chi connectivity index (χ2n) is 8.70. The molecule has 1 aliphatic heterocycles. The third-order valence-electron chi connectivity index (χ3n) is 6.17. The molecule has 6 nitrogen and oxygen atoms in total. The van der Waals surface area contributed by atoms with Gasteiger partial charge in [-0.05, 0) is 60.9 Å². The van der Waals surface area contributed by atoms with Crippen molar-refractivity contribution in [1.29, 1.82) is 0 Å². The van der Waals surface area contributed by atoms with Crippen LogP contribution in [-0.2, 0) is 29.0 Å². The molecular weight excluding hydrogens is 404 g/mol. The van der Waals surface area contributed by atoms with Crippen molar-refractivity contribution in [2.45, 2.75) is 45.1 Å². The maximum absolute atomic E-state index is 12.9. The highest BCUT2D eigenvalue weighted by Gasteiger charge is 2.22. The van der Waals surface area contributed by atoms with Crippen LogP contribution in [0.3, 0.4) is 0 Å². The highest BCUT2D eigenvalue weighted by molar-refractivity contribution is 5.77. The molecule has 1 heterocycles. The maximum atomic E-state index is 12.9. The summed E-state index contributed by atoms with van der Waals surface area (Å²) in [5.41, 5.74) is 3.23. The summed E-state index contributed by atoms with van der Waals surface area (Å²) in [6, 6.07) is 13.9. The van der Waals surface area contributed by atoms with Crippen LogP contribution < -0.4 is 14.8 Å². The average Bonchev–Trinajstić information content (AvgIpc) is 3.66. The summed E-state index contributed by atoms with van der Waals surface area (Å²) in [6.07, 6.45) is 4.80. The minimum absolute atomic E-state index is 0.110. The first-order chi connectivity index (χ1) is 15.6. The summed E-state index contributed by atoms with van der Waals surface area (Å²) < 4.78 is 11.1. The van der Waals surface area contributed by atoms with E-state index in [0.717, 1.165) is 34.7 Å². The Morgan fingerprint density at radius 2 is 1.81 bits per heavy atom. The highest BCUT2D eigenvalue weighted by Crippen LogP contribution is 2.28. The van der Waals surface area contributed by atoms with E-state index in [2.05, 4.69) is 11.4 Å². The number of carbonyl (C=O) groups is 2. The van der Waals surface area contributed by atoms with Gasteiger partial charge in [-0.2, -0.15) is 0 Å².